The van der Waals surface area contributed by atoms with Gasteiger partial charge in [-0.3, -0.25) is 9.59 Å². The van der Waals surface area contributed by atoms with E-state index in [1.54, 1.807) is 6.92 Å². The molecule has 0 spiro atoms. The smallest absolute Gasteiger partial charge is 0.305 e. The van der Waals surface area contributed by atoms with Crippen molar-refractivity contribution in [3.63, 3.8) is 0 Å². The first-order chi connectivity index (χ1) is 8.20. The molecule has 5 nitrogen and oxygen atoms in total. The first-order valence-electron chi connectivity index (χ1n) is 6.33. The second-order valence-corrected chi connectivity index (χ2v) is 3.86. The van der Waals surface area contributed by atoms with Crippen LogP contribution in [0.15, 0.2) is 0 Å². The Morgan fingerprint density at radius 1 is 1.12 bits per heavy atom. The minimum atomic E-state index is -0.204. The van der Waals surface area contributed by atoms with Crippen molar-refractivity contribution in [1.82, 2.24) is 5.32 Å². The van der Waals surface area contributed by atoms with Crippen LogP contribution in [0, 0.1) is 0 Å². The number of hydrogen-bond acceptors (Lipinski definition) is 4. The fourth-order valence-electron chi connectivity index (χ4n) is 1.39. The molecule has 0 aliphatic rings. The second kappa shape index (κ2) is 11.4. The number of esters is 1. The average Bonchev–Trinajstić information content (AvgIpc) is 2.31. The van der Waals surface area contributed by atoms with Crippen molar-refractivity contribution >= 4 is 11.9 Å². The highest BCUT2D eigenvalue weighted by Gasteiger charge is 2.03. The lowest BCUT2D eigenvalue weighted by Gasteiger charge is -2.05. The van der Waals surface area contributed by atoms with Crippen LogP contribution < -0.4 is 11.1 Å². The Hall–Kier alpha value is -1.10. The number of hydrogen-bond donors (Lipinski definition) is 2. The number of unbranched alkanes of at least 4 members (excludes halogenated alkanes) is 2. The van der Waals surface area contributed by atoms with Gasteiger partial charge >= 0.3 is 5.97 Å². The lowest BCUT2D eigenvalue weighted by molar-refractivity contribution is -0.143. The van der Waals surface area contributed by atoms with Gasteiger partial charge in [0.05, 0.1) is 6.61 Å². The van der Waals surface area contributed by atoms with Crippen LogP contribution in [0.4, 0.5) is 0 Å². The van der Waals surface area contributed by atoms with E-state index in [0.29, 0.717) is 39.0 Å². The van der Waals surface area contributed by atoms with E-state index in [-0.39, 0.29) is 11.9 Å². The quantitative estimate of drug-likeness (QED) is 0.443. The van der Waals surface area contributed by atoms with Gasteiger partial charge in [0.15, 0.2) is 0 Å². The third kappa shape index (κ3) is 11.2. The zero-order valence-electron chi connectivity index (χ0n) is 10.7. The van der Waals surface area contributed by atoms with Crippen molar-refractivity contribution in [3.05, 3.63) is 0 Å². The van der Waals surface area contributed by atoms with E-state index >= 15 is 0 Å². The van der Waals surface area contributed by atoms with E-state index in [9.17, 15) is 9.59 Å². The predicted molar refractivity (Wildman–Crippen MR) is 66.4 cm³/mol. The van der Waals surface area contributed by atoms with E-state index in [1.165, 1.54) is 0 Å². The lowest BCUT2D eigenvalue weighted by Crippen LogP contribution is -2.24. The average molecular weight is 244 g/mol. The van der Waals surface area contributed by atoms with E-state index in [2.05, 4.69) is 5.32 Å². The Balaban J connectivity index is 3.30. The van der Waals surface area contributed by atoms with E-state index in [4.69, 9.17) is 10.5 Å². The van der Waals surface area contributed by atoms with Gasteiger partial charge in [0.25, 0.3) is 0 Å². The summed E-state index contributed by atoms with van der Waals surface area (Å²) in [6, 6.07) is 0. The van der Waals surface area contributed by atoms with Crippen molar-refractivity contribution in [2.45, 2.75) is 45.4 Å². The SMILES string of the molecule is CCOC(=O)CCCNC(=O)CCCCCN. The first-order valence-corrected chi connectivity index (χ1v) is 6.33. The fraction of sp³-hybridized carbons (Fsp3) is 0.833. The van der Waals surface area contributed by atoms with Gasteiger partial charge in [-0.1, -0.05) is 6.42 Å². The minimum Gasteiger partial charge on any atom is -0.466 e. The Bertz CT molecular complexity index is 220. The van der Waals surface area contributed by atoms with Gasteiger partial charge in [0.2, 0.25) is 5.91 Å². The Morgan fingerprint density at radius 2 is 1.88 bits per heavy atom. The van der Waals surface area contributed by atoms with Crippen LogP contribution in [0.2, 0.25) is 0 Å². The summed E-state index contributed by atoms with van der Waals surface area (Å²) in [5, 5.41) is 2.78. The van der Waals surface area contributed by atoms with E-state index < -0.39 is 0 Å². The number of ether oxygens (including phenoxy) is 1. The normalized spacial score (nSPS) is 10.0. The van der Waals surface area contributed by atoms with Crippen molar-refractivity contribution in [2.24, 2.45) is 5.73 Å². The van der Waals surface area contributed by atoms with Gasteiger partial charge in [-0.05, 0) is 32.7 Å². The molecule has 0 aromatic carbocycles. The lowest BCUT2D eigenvalue weighted by atomic mass is 10.2. The summed E-state index contributed by atoms with van der Waals surface area (Å²) in [6.07, 6.45) is 4.37. The van der Waals surface area contributed by atoms with Crippen LogP contribution in [-0.2, 0) is 14.3 Å². The van der Waals surface area contributed by atoms with Gasteiger partial charge in [0, 0.05) is 19.4 Å². The molecule has 0 saturated carbocycles. The van der Waals surface area contributed by atoms with Crippen LogP contribution in [-0.4, -0.2) is 31.6 Å². The summed E-state index contributed by atoms with van der Waals surface area (Å²) in [7, 11) is 0. The third-order valence-corrected chi connectivity index (χ3v) is 2.29. The molecule has 0 aliphatic heterocycles. The minimum absolute atomic E-state index is 0.0471. The number of carbonyl (C=O) groups excluding carboxylic acids is 2. The molecule has 100 valence electrons. The van der Waals surface area contributed by atoms with Crippen LogP contribution >= 0.6 is 0 Å². The van der Waals surface area contributed by atoms with Gasteiger partial charge in [-0.25, -0.2) is 0 Å². The molecule has 0 unspecified atom stereocenters. The Kier molecular flexibility index (Phi) is 10.7. The summed E-state index contributed by atoms with van der Waals surface area (Å²) in [5.74, 6) is -0.157. The van der Waals surface area contributed by atoms with Gasteiger partial charge in [-0.15, -0.1) is 0 Å². The van der Waals surface area contributed by atoms with E-state index in [1.807, 2.05) is 0 Å². The maximum atomic E-state index is 11.3. The zero-order valence-corrected chi connectivity index (χ0v) is 10.7. The molecule has 5 heteroatoms. The molecule has 3 N–H and O–H groups in total. The van der Waals surface area contributed by atoms with Crippen LogP contribution in [0.1, 0.15) is 45.4 Å². The molecule has 0 aromatic heterocycles. The molecule has 0 saturated heterocycles. The van der Waals surface area contributed by atoms with Gasteiger partial charge in [0.1, 0.15) is 0 Å². The topological polar surface area (TPSA) is 81.4 Å². The Morgan fingerprint density at radius 3 is 2.53 bits per heavy atom. The molecule has 0 bridgehead atoms. The highest BCUT2D eigenvalue weighted by Crippen LogP contribution is 1.98. The number of nitrogens with one attached hydrogen (secondary N) is 1. The van der Waals surface area contributed by atoms with Crippen LogP contribution in [0.3, 0.4) is 0 Å². The summed E-state index contributed by atoms with van der Waals surface area (Å²) in [6.45, 7) is 3.41. The third-order valence-electron chi connectivity index (χ3n) is 2.29. The molecular weight excluding hydrogens is 220 g/mol. The number of rotatable bonds is 10. The standard InChI is InChI=1S/C12H24N2O3/c1-2-17-12(16)8-6-10-14-11(15)7-4-3-5-9-13/h2-10,13H2,1H3,(H,14,15). The second-order valence-electron chi connectivity index (χ2n) is 3.86. The highest BCUT2D eigenvalue weighted by atomic mass is 16.5. The molecule has 1 amide bonds. The molecule has 0 fully saturated rings. The number of nitrogens with two attached hydrogens (primary N) is 1. The largest absolute Gasteiger partial charge is 0.466 e. The van der Waals surface area contributed by atoms with Gasteiger partial charge < -0.3 is 15.8 Å². The molecule has 0 aromatic rings. The zero-order chi connectivity index (χ0) is 12.9. The maximum absolute atomic E-state index is 11.3. The summed E-state index contributed by atoms with van der Waals surface area (Å²) in [5.41, 5.74) is 5.35. The fourth-order valence-corrected chi connectivity index (χ4v) is 1.39. The first kappa shape index (κ1) is 15.9. The van der Waals surface area contributed by atoms with Crippen LogP contribution in [0.25, 0.3) is 0 Å². The molecule has 0 radical (unpaired) electrons. The molecule has 17 heavy (non-hydrogen) atoms. The van der Waals surface area contributed by atoms with E-state index in [0.717, 1.165) is 19.3 Å². The molecule has 0 heterocycles. The van der Waals surface area contributed by atoms with Crippen LogP contribution in [0.5, 0.6) is 0 Å². The number of amides is 1. The monoisotopic (exact) mass is 244 g/mol. The maximum Gasteiger partial charge on any atom is 0.305 e. The molecule has 0 aliphatic carbocycles. The summed E-state index contributed by atoms with van der Waals surface area (Å²) in [4.78, 5) is 22.3. The predicted octanol–water partition coefficient (Wildman–Crippen LogP) is 0.965. The summed E-state index contributed by atoms with van der Waals surface area (Å²) < 4.78 is 4.78. The van der Waals surface area contributed by atoms with Crippen molar-refractivity contribution < 1.29 is 14.3 Å². The van der Waals surface area contributed by atoms with Gasteiger partial charge in [-0.2, -0.15) is 0 Å². The van der Waals surface area contributed by atoms with Crippen molar-refractivity contribution in [3.8, 4) is 0 Å². The Labute approximate surface area is 103 Å². The molecule has 0 atom stereocenters. The number of carbonyl (C=O) groups is 2. The molecule has 0 rings (SSSR count). The van der Waals surface area contributed by atoms with Crippen molar-refractivity contribution in [2.75, 3.05) is 19.7 Å². The van der Waals surface area contributed by atoms with Crippen molar-refractivity contribution in [1.29, 1.82) is 0 Å². The molecular formula is C12H24N2O3. The summed E-state index contributed by atoms with van der Waals surface area (Å²) >= 11 is 0. The highest BCUT2D eigenvalue weighted by molar-refractivity contribution is 5.75.